The van der Waals surface area contributed by atoms with Crippen molar-refractivity contribution in [1.82, 2.24) is 4.90 Å². The van der Waals surface area contributed by atoms with Crippen LogP contribution in [-0.2, 0) is 16.0 Å². The summed E-state index contributed by atoms with van der Waals surface area (Å²) in [5.74, 6) is -0.353. The number of halogens is 1. The van der Waals surface area contributed by atoms with E-state index < -0.39 is 0 Å². The Morgan fingerprint density at radius 2 is 1.65 bits per heavy atom. The summed E-state index contributed by atoms with van der Waals surface area (Å²) in [6.45, 7) is -0.00771. The van der Waals surface area contributed by atoms with Gasteiger partial charge in [0.05, 0.1) is 13.0 Å². The first-order chi connectivity index (χ1) is 12.5. The molecule has 3 aromatic rings. The maximum absolute atomic E-state index is 12.5. The third-order valence-electron chi connectivity index (χ3n) is 4.16. The summed E-state index contributed by atoms with van der Waals surface area (Å²) in [5, 5.41) is 5.51. The fraction of sp³-hybridized carbons (Fsp3) is 0.143. The van der Waals surface area contributed by atoms with Gasteiger partial charge < -0.3 is 10.2 Å². The number of anilines is 1. The Bertz CT molecular complexity index is 933. The van der Waals surface area contributed by atoms with Crippen LogP contribution in [0.3, 0.4) is 0 Å². The van der Waals surface area contributed by atoms with E-state index in [2.05, 4.69) is 5.32 Å². The normalized spacial score (nSPS) is 10.5. The number of fused-ring (bicyclic) bond motifs is 1. The summed E-state index contributed by atoms with van der Waals surface area (Å²) in [5.41, 5.74) is 1.60. The maximum Gasteiger partial charge on any atom is 0.243 e. The Labute approximate surface area is 157 Å². The van der Waals surface area contributed by atoms with Crippen molar-refractivity contribution in [2.75, 3.05) is 18.9 Å². The lowest BCUT2D eigenvalue weighted by atomic mass is 10.0. The third-order valence-corrected chi connectivity index (χ3v) is 4.41. The minimum absolute atomic E-state index is 0.00771. The summed E-state index contributed by atoms with van der Waals surface area (Å²) < 4.78 is 0. The van der Waals surface area contributed by atoms with Crippen molar-refractivity contribution in [3.05, 3.63) is 77.3 Å². The van der Waals surface area contributed by atoms with Crippen molar-refractivity contribution in [3.8, 4) is 0 Å². The van der Waals surface area contributed by atoms with Gasteiger partial charge in [-0.05, 0) is 40.6 Å². The molecule has 0 fully saturated rings. The first-order valence-corrected chi connectivity index (χ1v) is 8.67. The highest BCUT2D eigenvalue weighted by Crippen LogP contribution is 2.19. The molecule has 3 rings (SSSR count). The molecule has 5 heteroatoms. The quantitative estimate of drug-likeness (QED) is 0.738. The number of carbonyl (C=O) groups excluding carboxylic acids is 2. The molecule has 0 saturated carbocycles. The highest BCUT2D eigenvalue weighted by molar-refractivity contribution is 6.30. The van der Waals surface area contributed by atoms with Gasteiger partial charge in [-0.2, -0.15) is 0 Å². The van der Waals surface area contributed by atoms with Gasteiger partial charge >= 0.3 is 0 Å². The third kappa shape index (κ3) is 4.41. The number of rotatable bonds is 5. The second-order valence-electron chi connectivity index (χ2n) is 6.12. The highest BCUT2D eigenvalue weighted by atomic mass is 35.5. The van der Waals surface area contributed by atoms with Crippen molar-refractivity contribution in [1.29, 1.82) is 0 Å². The molecule has 0 aliphatic carbocycles. The van der Waals surface area contributed by atoms with Crippen LogP contribution in [0.5, 0.6) is 0 Å². The van der Waals surface area contributed by atoms with Crippen molar-refractivity contribution < 1.29 is 9.59 Å². The molecule has 132 valence electrons. The van der Waals surface area contributed by atoms with Gasteiger partial charge in [0.25, 0.3) is 0 Å². The van der Waals surface area contributed by atoms with Crippen LogP contribution in [0.25, 0.3) is 10.8 Å². The molecule has 0 bridgehead atoms. The number of hydrogen-bond acceptors (Lipinski definition) is 2. The number of hydrogen-bond donors (Lipinski definition) is 1. The molecule has 1 N–H and O–H groups in total. The Balaban J connectivity index is 1.62. The van der Waals surface area contributed by atoms with Crippen molar-refractivity contribution >= 4 is 39.9 Å². The molecular weight excluding hydrogens is 348 g/mol. The number of nitrogens with zero attached hydrogens (tertiary/aromatic N) is 1. The van der Waals surface area contributed by atoms with Gasteiger partial charge in [0.15, 0.2) is 0 Å². The van der Waals surface area contributed by atoms with Gasteiger partial charge in [-0.15, -0.1) is 0 Å². The predicted octanol–water partition coefficient (Wildman–Crippen LogP) is 4.13. The highest BCUT2D eigenvalue weighted by Gasteiger charge is 2.15. The molecule has 0 aliphatic heterocycles. The predicted molar refractivity (Wildman–Crippen MR) is 105 cm³/mol. The van der Waals surface area contributed by atoms with Gasteiger partial charge in [0.2, 0.25) is 11.8 Å². The van der Waals surface area contributed by atoms with E-state index in [0.717, 1.165) is 16.3 Å². The van der Waals surface area contributed by atoms with E-state index in [1.54, 1.807) is 31.3 Å². The molecule has 0 saturated heterocycles. The van der Waals surface area contributed by atoms with Crippen molar-refractivity contribution in [3.63, 3.8) is 0 Å². The van der Waals surface area contributed by atoms with E-state index in [1.165, 1.54) is 4.90 Å². The number of amides is 2. The number of carbonyl (C=O) groups is 2. The fourth-order valence-electron chi connectivity index (χ4n) is 2.78. The van der Waals surface area contributed by atoms with E-state index in [4.69, 9.17) is 11.6 Å². The smallest absolute Gasteiger partial charge is 0.243 e. The van der Waals surface area contributed by atoms with Crippen LogP contribution in [0, 0.1) is 0 Å². The number of nitrogens with one attached hydrogen (secondary N) is 1. The number of benzene rings is 3. The topological polar surface area (TPSA) is 49.4 Å². The molecule has 0 atom stereocenters. The minimum atomic E-state index is -0.249. The molecule has 26 heavy (non-hydrogen) atoms. The van der Waals surface area contributed by atoms with Crippen molar-refractivity contribution in [2.24, 2.45) is 0 Å². The molecule has 0 aromatic heterocycles. The maximum atomic E-state index is 12.5. The van der Waals surface area contributed by atoms with Crippen LogP contribution in [0.1, 0.15) is 5.56 Å². The summed E-state index contributed by atoms with van der Waals surface area (Å²) in [4.78, 5) is 26.1. The molecule has 0 radical (unpaired) electrons. The van der Waals surface area contributed by atoms with E-state index >= 15 is 0 Å². The zero-order valence-corrected chi connectivity index (χ0v) is 15.2. The van der Waals surface area contributed by atoms with E-state index in [1.807, 2.05) is 42.5 Å². The van der Waals surface area contributed by atoms with Crippen LogP contribution in [0.2, 0.25) is 5.02 Å². The molecule has 3 aromatic carbocycles. The lowest BCUT2D eigenvalue weighted by Crippen LogP contribution is -2.35. The summed E-state index contributed by atoms with van der Waals surface area (Å²) in [7, 11) is 1.63. The lowest BCUT2D eigenvalue weighted by Gasteiger charge is -2.17. The molecule has 4 nitrogen and oxygen atoms in total. The SMILES string of the molecule is CN(CC(=O)Nc1ccc(Cl)cc1)C(=O)Cc1cccc2ccccc12. The lowest BCUT2D eigenvalue weighted by molar-refractivity contribution is -0.132. The van der Waals surface area contributed by atoms with E-state index in [-0.39, 0.29) is 24.8 Å². The first kappa shape index (κ1) is 18.0. The van der Waals surface area contributed by atoms with Crippen LogP contribution in [0.4, 0.5) is 5.69 Å². The van der Waals surface area contributed by atoms with Gasteiger partial charge in [-0.1, -0.05) is 54.1 Å². The van der Waals surface area contributed by atoms with Crippen LogP contribution >= 0.6 is 11.6 Å². The zero-order valence-electron chi connectivity index (χ0n) is 14.4. The second kappa shape index (κ2) is 8.02. The van der Waals surface area contributed by atoms with E-state index in [0.29, 0.717) is 10.7 Å². The molecule has 0 aliphatic rings. The van der Waals surface area contributed by atoms with Crippen LogP contribution in [0.15, 0.2) is 66.7 Å². The molecular formula is C21H19ClN2O2. The molecule has 2 amide bonds. The summed E-state index contributed by atoms with van der Waals surface area (Å²) in [6, 6.07) is 20.7. The Hall–Kier alpha value is -2.85. The minimum Gasteiger partial charge on any atom is -0.336 e. The second-order valence-corrected chi connectivity index (χ2v) is 6.56. The standard InChI is InChI=1S/C21H19ClN2O2/c1-24(14-20(25)23-18-11-9-17(22)10-12-18)21(26)13-16-7-4-6-15-5-2-3-8-19(15)16/h2-12H,13-14H2,1H3,(H,23,25). The van der Waals surface area contributed by atoms with Crippen LogP contribution in [-0.4, -0.2) is 30.3 Å². The Kier molecular flexibility index (Phi) is 5.54. The van der Waals surface area contributed by atoms with Crippen LogP contribution < -0.4 is 5.32 Å². The average molecular weight is 367 g/mol. The van der Waals surface area contributed by atoms with Gasteiger partial charge in [0.1, 0.15) is 0 Å². The van der Waals surface area contributed by atoms with E-state index in [9.17, 15) is 9.59 Å². The Morgan fingerprint density at radius 1 is 0.962 bits per heavy atom. The molecule has 0 heterocycles. The number of likely N-dealkylation sites (N-methyl/N-ethyl adjacent to an activating group) is 1. The zero-order chi connectivity index (χ0) is 18.5. The van der Waals surface area contributed by atoms with Gasteiger partial charge in [0, 0.05) is 17.8 Å². The Morgan fingerprint density at radius 3 is 2.42 bits per heavy atom. The van der Waals surface area contributed by atoms with Crippen molar-refractivity contribution in [2.45, 2.75) is 6.42 Å². The average Bonchev–Trinajstić information content (AvgIpc) is 2.64. The molecule has 0 spiro atoms. The summed E-state index contributed by atoms with van der Waals surface area (Å²) >= 11 is 5.83. The fourth-order valence-corrected chi connectivity index (χ4v) is 2.91. The van der Waals surface area contributed by atoms with Gasteiger partial charge in [-0.3, -0.25) is 9.59 Å². The first-order valence-electron chi connectivity index (χ1n) is 8.29. The largest absolute Gasteiger partial charge is 0.336 e. The summed E-state index contributed by atoms with van der Waals surface area (Å²) in [6.07, 6.45) is 0.256. The monoisotopic (exact) mass is 366 g/mol. The van der Waals surface area contributed by atoms with Gasteiger partial charge in [-0.25, -0.2) is 0 Å². The molecule has 0 unspecified atom stereocenters.